The van der Waals surface area contributed by atoms with Gasteiger partial charge in [-0.1, -0.05) is 11.6 Å². The number of rotatable bonds is 6. The van der Waals surface area contributed by atoms with Crippen LogP contribution in [0.15, 0.2) is 40.9 Å². The summed E-state index contributed by atoms with van der Waals surface area (Å²) in [6, 6.07) is 7.46. The summed E-state index contributed by atoms with van der Waals surface area (Å²) in [5, 5.41) is -0.185. The minimum absolute atomic E-state index is 0.0522. The normalized spacial score (nSPS) is 12.4. The van der Waals surface area contributed by atoms with Crippen molar-refractivity contribution in [2.24, 2.45) is 0 Å². The molecule has 0 fully saturated rings. The highest BCUT2D eigenvalue weighted by Gasteiger charge is 2.31. The van der Waals surface area contributed by atoms with E-state index < -0.39 is 23.8 Å². The number of benzene rings is 2. The van der Waals surface area contributed by atoms with Gasteiger partial charge in [0.15, 0.2) is 6.10 Å². The van der Waals surface area contributed by atoms with Gasteiger partial charge in [0.1, 0.15) is 17.2 Å². The first-order chi connectivity index (χ1) is 12.6. The summed E-state index contributed by atoms with van der Waals surface area (Å²) in [6.45, 7) is 3.44. The van der Waals surface area contributed by atoms with Crippen LogP contribution in [-0.2, 0) is 15.7 Å². The molecule has 2 aromatic rings. The van der Waals surface area contributed by atoms with Crippen LogP contribution in [0.3, 0.4) is 0 Å². The number of hydrogen-bond acceptors (Lipinski definition) is 4. The smallest absolute Gasteiger partial charge is 0.416 e. The van der Waals surface area contributed by atoms with Crippen LogP contribution < -0.4 is 9.47 Å². The highest BCUT2D eigenvalue weighted by atomic mass is 79.9. The van der Waals surface area contributed by atoms with E-state index in [9.17, 15) is 18.0 Å². The van der Waals surface area contributed by atoms with Gasteiger partial charge in [-0.2, -0.15) is 13.2 Å². The maximum atomic E-state index is 12.7. The highest BCUT2D eigenvalue weighted by Crippen LogP contribution is 2.38. The van der Waals surface area contributed by atoms with Gasteiger partial charge < -0.3 is 14.2 Å². The Balaban J connectivity index is 2.20. The Labute approximate surface area is 167 Å². The van der Waals surface area contributed by atoms with Crippen LogP contribution in [0.25, 0.3) is 0 Å². The molecule has 0 saturated carbocycles. The van der Waals surface area contributed by atoms with Crippen molar-refractivity contribution in [3.05, 3.63) is 51.5 Å². The summed E-state index contributed by atoms with van der Waals surface area (Å²) >= 11 is 9.18. The van der Waals surface area contributed by atoms with E-state index in [2.05, 4.69) is 15.9 Å². The number of hydrogen-bond donors (Lipinski definition) is 0. The molecule has 0 aliphatic heterocycles. The molecule has 0 spiro atoms. The molecule has 4 nitrogen and oxygen atoms in total. The molecular weight excluding hydrogens is 453 g/mol. The lowest BCUT2D eigenvalue weighted by Crippen LogP contribution is -2.26. The molecule has 0 radical (unpaired) electrons. The predicted molar refractivity (Wildman–Crippen MR) is 97.4 cm³/mol. The van der Waals surface area contributed by atoms with Gasteiger partial charge in [-0.25, -0.2) is 4.79 Å². The van der Waals surface area contributed by atoms with E-state index in [0.29, 0.717) is 10.2 Å². The number of ether oxygens (including phenoxy) is 3. The molecule has 0 amide bonds. The van der Waals surface area contributed by atoms with E-state index in [0.717, 1.165) is 18.2 Å². The quantitative estimate of drug-likeness (QED) is 0.472. The molecule has 0 aliphatic carbocycles. The van der Waals surface area contributed by atoms with Gasteiger partial charge in [0.05, 0.1) is 21.7 Å². The second-order valence-corrected chi connectivity index (χ2v) is 6.61. The fraction of sp³-hybridized carbons (Fsp3) is 0.278. The lowest BCUT2D eigenvalue weighted by atomic mass is 10.2. The fourth-order valence-electron chi connectivity index (χ4n) is 2.02. The Morgan fingerprint density at radius 3 is 2.48 bits per heavy atom. The second kappa shape index (κ2) is 8.84. The van der Waals surface area contributed by atoms with Crippen LogP contribution in [0.4, 0.5) is 13.2 Å². The summed E-state index contributed by atoms with van der Waals surface area (Å²) < 4.78 is 54.6. The molecule has 2 rings (SSSR count). The molecule has 0 heterocycles. The monoisotopic (exact) mass is 466 g/mol. The molecule has 146 valence electrons. The largest absolute Gasteiger partial charge is 0.478 e. The molecule has 1 unspecified atom stereocenters. The Morgan fingerprint density at radius 2 is 1.89 bits per heavy atom. The first-order valence-corrected chi connectivity index (χ1v) is 8.96. The van der Waals surface area contributed by atoms with Gasteiger partial charge >= 0.3 is 12.1 Å². The number of halogens is 5. The average molecular weight is 468 g/mol. The molecule has 27 heavy (non-hydrogen) atoms. The number of carbonyl (C=O) groups excluding carboxylic acids is 1. The number of carbonyl (C=O) groups is 1. The lowest BCUT2D eigenvalue weighted by Gasteiger charge is -2.16. The summed E-state index contributed by atoms with van der Waals surface area (Å²) in [5.41, 5.74) is -0.872. The van der Waals surface area contributed by atoms with Crippen molar-refractivity contribution in [1.82, 2.24) is 0 Å². The van der Waals surface area contributed by atoms with Gasteiger partial charge in [0.2, 0.25) is 0 Å². The maximum Gasteiger partial charge on any atom is 0.416 e. The van der Waals surface area contributed by atoms with Crippen molar-refractivity contribution in [1.29, 1.82) is 0 Å². The van der Waals surface area contributed by atoms with Crippen molar-refractivity contribution in [3.63, 3.8) is 0 Å². The topological polar surface area (TPSA) is 44.8 Å². The van der Waals surface area contributed by atoms with Crippen molar-refractivity contribution < 1.29 is 32.2 Å². The van der Waals surface area contributed by atoms with Crippen LogP contribution in [0.2, 0.25) is 5.02 Å². The second-order valence-electron chi connectivity index (χ2n) is 5.35. The van der Waals surface area contributed by atoms with E-state index in [4.69, 9.17) is 25.8 Å². The van der Waals surface area contributed by atoms with Crippen LogP contribution in [0, 0.1) is 0 Å². The minimum atomic E-state index is -4.50. The standard InChI is InChI=1S/C18H15BrClF3O4/c1-3-25-17(24)10(2)26-16-9-12(5-6-13(16)19)27-15-7-4-11(8-14(15)20)18(21,22)23/h4-10H,3H2,1-2H3. The fourth-order valence-corrected chi connectivity index (χ4v) is 2.58. The first-order valence-electron chi connectivity index (χ1n) is 7.79. The summed E-state index contributed by atoms with van der Waals surface area (Å²) in [5.74, 6) is 0.0971. The van der Waals surface area contributed by atoms with E-state index in [1.165, 1.54) is 13.0 Å². The van der Waals surface area contributed by atoms with Crippen LogP contribution in [-0.4, -0.2) is 18.7 Å². The predicted octanol–water partition coefficient (Wildman–Crippen LogP) is 6.24. The molecule has 0 aliphatic rings. The Morgan fingerprint density at radius 1 is 1.19 bits per heavy atom. The van der Waals surface area contributed by atoms with Crippen LogP contribution >= 0.6 is 27.5 Å². The Kier molecular flexibility index (Phi) is 7.00. The van der Waals surface area contributed by atoms with Gasteiger partial charge in [-0.15, -0.1) is 0 Å². The van der Waals surface area contributed by atoms with Crippen LogP contribution in [0.5, 0.6) is 17.2 Å². The lowest BCUT2D eigenvalue weighted by molar-refractivity contribution is -0.150. The molecule has 0 saturated heterocycles. The highest BCUT2D eigenvalue weighted by molar-refractivity contribution is 9.10. The summed E-state index contributed by atoms with van der Waals surface area (Å²) in [7, 11) is 0. The maximum absolute atomic E-state index is 12.7. The molecular formula is C18H15BrClF3O4. The van der Waals surface area contributed by atoms with Crippen molar-refractivity contribution in [2.75, 3.05) is 6.61 Å². The number of alkyl halides is 3. The SMILES string of the molecule is CCOC(=O)C(C)Oc1cc(Oc2ccc(C(F)(F)F)cc2Cl)ccc1Br. The first kappa shape index (κ1) is 21.4. The van der Waals surface area contributed by atoms with E-state index in [1.54, 1.807) is 19.1 Å². The summed E-state index contributed by atoms with van der Waals surface area (Å²) in [4.78, 5) is 11.7. The minimum Gasteiger partial charge on any atom is -0.478 e. The third kappa shape index (κ3) is 5.77. The molecule has 0 aromatic heterocycles. The molecule has 1 atom stereocenters. The molecule has 2 aromatic carbocycles. The Hall–Kier alpha value is -1.93. The number of esters is 1. The zero-order chi connectivity index (χ0) is 20.2. The van der Waals surface area contributed by atoms with Gasteiger partial charge in [0, 0.05) is 6.07 Å². The zero-order valence-corrected chi connectivity index (χ0v) is 16.6. The van der Waals surface area contributed by atoms with E-state index >= 15 is 0 Å². The molecule has 0 bridgehead atoms. The van der Waals surface area contributed by atoms with E-state index in [1.807, 2.05) is 0 Å². The van der Waals surface area contributed by atoms with E-state index in [-0.39, 0.29) is 23.1 Å². The molecule has 0 N–H and O–H groups in total. The van der Waals surface area contributed by atoms with Gasteiger partial charge in [-0.3, -0.25) is 0 Å². The Bertz CT molecular complexity index is 827. The zero-order valence-electron chi connectivity index (χ0n) is 14.3. The van der Waals surface area contributed by atoms with Crippen molar-refractivity contribution >= 4 is 33.5 Å². The molecule has 9 heteroatoms. The van der Waals surface area contributed by atoms with Crippen LogP contribution in [0.1, 0.15) is 19.4 Å². The third-order valence-corrected chi connectivity index (χ3v) is 4.26. The third-order valence-electron chi connectivity index (χ3n) is 3.31. The summed E-state index contributed by atoms with van der Waals surface area (Å²) in [6.07, 6.45) is -5.35. The average Bonchev–Trinajstić information content (AvgIpc) is 2.58. The van der Waals surface area contributed by atoms with Crippen molar-refractivity contribution in [3.8, 4) is 17.2 Å². The van der Waals surface area contributed by atoms with Gasteiger partial charge in [0.25, 0.3) is 0 Å². The van der Waals surface area contributed by atoms with Crippen molar-refractivity contribution in [2.45, 2.75) is 26.1 Å². The van der Waals surface area contributed by atoms with Gasteiger partial charge in [-0.05, 0) is 60.1 Å².